The maximum Gasteiger partial charge on any atom is 0.228 e. The van der Waals surface area contributed by atoms with E-state index in [2.05, 4.69) is 24.0 Å². The largest absolute Gasteiger partial charge is 0.342 e. The van der Waals surface area contributed by atoms with E-state index in [1.807, 2.05) is 30.0 Å². The Morgan fingerprint density at radius 2 is 1.92 bits per heavy atom. The van der Waals surface area contributed by atoms with Gasteiger partial charge in [0.2, 0.25) is 11.8 Å². The molecule has 2 atom stereocenters. The minimum atomic E-state index is -0.177. The van der Waals surface area contributed by atoms with Gasteiger partial charge < -0.3 is 9.80 Å². The first-order chi connectivity index (χ1) is 11.6. The zero-order valence-electron chi connectivity index (χ0n) is 14.8. The molecule has 1 heterocycles. The third kappa shape index (κ3) is 3.33. The van der Waals surface area contributed by atoms with Gasteiger partial charge in [0.1, 0.15) is 0 Å². The highest BCUT2D eigenvalue weighted by molar-refractivity contribution is 5.89. The lowest BCUT2D eigenvalue weighted by Gasteiger charge is -2.36. The van der Waals surface area contributed by atoms with Gasteiger partial charge in [-0.2, -0.15) is 0 Å². The summed E-state index contributed by atoms with van der Waals surface area (Å²) in [5.74, 6) is 0.112. The van der Waals surface area contributed by atoms with Gasteiger partial charge in [0.15, 0.2) is 0 Å². The van der Waals surface area contributed by atoms with Gasteiger partial charge in [-0.15, -0.1) is 0 Å². The Labute approximate surface area is 144 Å². The molecule has 1 aliphatic heterocycles. The van der Waals surface area contributed by atoms with Crippen LogP contribution in [0.5, 0.6) is 0 Å². The van der Waals surface area contributed by atoms with Crippen molar-refractivity contribution in [1.29, 1.82) is 0 Å². The number of rotatable bonds is 5. The monoisotopic (exact) mass is 328 g/mol. The van der Waals surface area contributed by atoms with E-state index in [9.17, 15) is 9.59 Å². The topological polar surface area (TPSA) is 40.6 Å². The molecule has 0 radical (unpaired) electrons. The molecule has 0 aromatic heterocycles. The third-order valence-corrected chi connectivity index (χ3v) is 5.62. The van der Waals surface area contributed by atoms with E-state index in [1.54, 1.807) is 0 Å². The summed E-state index contributed by atoms with van der Waals surface area (Å²) < 4.78 is 0. The fourth-order valence-electron chi connectivity index (χ4n) is 4.22. The molecule has 3 rings (SSSR count). The number of likely N-dealkylation sites (tertiary alicyclic amines) is 1. The number of benzene rings is 1. The third-order valence-electron chi connectivity index (χ3n) is 5.62. The van der Waals surface area contributed by atoms with Gasteiger partial charge in [-0.05, 0) is 32.3 Å². The normalized spacial score (nSPS) is 22.8. The number of nitrogens with zero attached hydrogens (tertiary/aromatic N) is 2. The van der Waals surface area contributed by atoms with Gasteiger partial charge in [-0.3, -0.25) is 9.59 Å². The second kappa shape index (κ2) is 7.37. The van der Waals surface area contributed by atoms with Crippen molar-refractivity contribution >= 4 is 11.8 Å². The highest BCUT2D eigenvalue weighted by Crippen LogP contribution is 2.34. The molecule has 2 fully saturated rings. The van der Waals surface area contributed by atoms with Crippen LogP contribution in [0, 0.1) is 5.92 Å². The van der Waals surface area contributed by atoms with Crippen molar-refractivity contribution in [2.75, 3.05) is 13.1 Å². The van der Waals surface area contributed by atoms with Crippen LogP contribution in [-0.2, 0) is 9.59 Å². The van der Waals surface area contributed by atoms with Crippen LogP contribution in [0.15, 0.2) is 30.3 Å². The van der Waals surface area contributed by atoms with Gasteiger partial charge in [-0.25, -0.2) is 0 Å². The van der Waals surface area contributed by atoms with Crippen LogP contribution in [0.2, 0.25) is 0 Å². The predicted molar refractivity (Wildman–Crippen MR) is 94.3 cm³/mol. The summed E-state index contributed by atoms with van der Waals surface area (Å²) in [6.07, 6.45) is 4.93. The maximum absolute atomic E-state index is 13.3. The summed E-state index contributed by atoms with van der Waals surface area (Å²) in [5, 5.41) is 0. The van der Waals surface area contributed by atoms with Crippen molar-refractivity contribution in [3.63, 3.8) is 0 Å². The van der Waals surface area contributed by atoms with Crippen molar-refractivity contribution in [1.82, 2.24) is 9.80 Å². The fraction of sp³-hybridized carbons (Fsp3) is 0.600. The van der Waals surface area contributed by atoms with Gasteiger partial charge in [-0.1, -0.05) is 43.2 Å². The average Bonchev–Trinajstić information content (AvgIpc) is 3.25. The van der Waals surface area contributed by atoms with E-state index in [0.717, 1.165) is 12.8 Å². The lowest BCUT2D eigenvalue weighted by molar-refractivity contribution is -0.140. The second-order valence-electron chi connectivity index (χ2n) is 7.10. The number of carbonyl (C=O) groups is 2. The van der Waals surface area contributed by atoms with Crippen molar-refractivity contribution in [2.24, 2.45) is 5.92 Å². The van der Waals surface area contributed by atoms with E-state index in [0.29, 0.717) is 25.6 Å². The van der Waals surface area contributed by atoms with Crippen LogP contribution in [0.1, 0.15) is 57.6 Å². The molecule has 0 N–H and O–H groups in total. The van der Waals surface area contributed by atoms with Gasteiger partial charge in [0.25, 0.3) is 0 Å². The summed E-state index contributed by atoms with van der Waals surface area (Å²) in [4.78, 5) is 29.3. The minimum Gasteiger partial charge on any atom is -0.342 e. The average molecular weight is 328 g/mol. The number of amides is 2. The Hall–Kier alpha value is -1.84. The highest BCUT2D eigenvalue weighted by atomic mass is 16.2. The Balaban J connectivity index is 1.82. The van der Waals surface area contributed by atoms with Crippen LogP contribution in [0.3, 0.4) is 0 Å². The van der Waals surface area contributed by atoms with Gasteiger partial charge in [0.05, 0.1) is 12.0 Å². The zero-order chi connectivity index (χ0) is 17.1. The minimum absolute atomic E-state index is 0.0626. The van der Waals surface area contributed by atoms with Crippen LogP contribution in [0.4, 0.5) is 0 Å². The van der Waals surface area contributed by atoms with Crippen molar-refractivity contribution in [2.45, 2.75) is 58.0 Å². The molecule has 130 valence electrons. The first kappa shape index (κ1) is 17.0. The van der Waals surface area contributed by atoms with Crippen LogP contribution < -0.4 is 0 Å². The summed E-state index contributed by atoms with van der Waals surface area (Å²) in [7, 11) is 0. The zero-order valence-corrected chi connectivity index (χ0v) is 14.8. The van der Waals surface area contributed by atoms with Crippen molar-refractivity contribution in [3.05, 3.63) is 35.9 Å². The number of hydrogen-bond acceptors (Lipinski definition) is 2. The molecule has 1 aliphatic carbocycles. The molecule has 24 heavy (non-hydrogen) atoms. The number of carbonyl (C=O) groups excluding carboxylic acids is 2. The second-order valence-corrected chi connectivity index (χ2v) is 7.10. The molecule has 0 spiro atoms. The smallest absolute Gasteiger partial charge is 0.228 e. The van der Waals surface area contributed by atoms with E-state index >= 15 is 0 Å². The highest BCUT2D eigenvalue weighted by Gasteiger charge is 2.40. The molecule has 4 nitrogen and oxygen atoms in total. The lowest BCUT2D eigenvalue weighted by Crippen LogP contribution is -2.44. The molecule has 1 saturated heterocycles. The molecular formula is C20H28N2O2. The molecule has 1 aromatic rings. The molecule has 2 amide bonds. The SMILES string of the molecule is CCN1C[C@@H](C(=O)N(C2CCCC2)[C@H](C)c2ccccc2)CC1=O. The van der Waals surface area contributed by atoms with Gasteiger partial charge >= 0.3 is 0 Å². The molecule has 2 aliphatic rings. The van der Waals surface area contributed by atoms with E-state index in [4.69, 9.17) is 0 Å². The van der Waals surface area contributed by atoms with E-state index < -0.39 is 0 Å². The molecular weight excluding hydrogens is 300 g/mol. The molecule has 4 heteroatoms. The molecule has 0 bridgehead atoms. The summed E-state index contributed by atoms with van der Waals surface area (Å²) >= 11 is 0. The first-order valence-corrected chi connectivity index (χ1v) is 9.26. The summed E-state index contributed by atoms with van der Waals surface area (Å²) in [5.41, 5.74) is 1.18. The van der Waals surface area contributed by atoms with Gasteiger partial charge in [0, 0.05) is 25.6 Å². The lowest BCUT2D eigenvalue weighted by atomic mass is 9.99. The molecule has 0 unspecified atom stereocenters. The van der Waals surface area contributed by atoms with E-state index in [-0.39, 0.29) is 23.8 Å². The standard InChI is InChI=1S/C20H28N2O2/c1-3-21-14-17(13-19(21)23)20(24)22(18-11-7-8-12-18)15(2)16-9-5-4-6-10-16/h4-6,9-10,15,17-18H,3,7-8,11-14H2,1-2H3/t15-,17+/m1/s1. The van der Waals surface area contributed by atoms with Crippen molar-refractivity contribution < 1.29 is 9.59 Å². The quantitative estimate of drug-likeness (QED) is 0.831. The fourth-order valence-corrected chi connectivity index (χ4v) is 4.22. The van der Waals surface area contributed by atoms with Crippen LogP contribution in [-0.4, -0.2) is 40.7 Å². The Kier molecular flexibility index (Phi) is 5.22. The Bertz CT molecular complexity index is 581. The molecule has 1 saturated carbocycles. The Morgan fingerprint density at radius 3 is 2.50 bits per heavy atom. The molecule has 1 aromatic carbocycles. The number of hydrogen-bond donors (Lipinski definition) is 0. The van der Waals surface area contributed by atoms with Crippen LogP contribution >= 0.6 is 0 Å². The predicted octanol–water partition coefficient (Wildman–Crippen LogP) is 3.39. The van der Waals surface area contributed by atoms with E-state index in [1.165, 1.54) is 18.4 Å². The first-order valence-electron chi connectivity index (χ1n) is 9.26. The maximum atomic E-state index is 13.3. The summed E-state index contributed by atoms with van der Waals surface area (Å²) in [6.45, 7) is 5.38. The van der Waals surface area contributed by atoms with Crippen molar-refractivity contribution in [3.8, 4) is 0 Å². The van der Waals surface area contributed by atoms with Crippen LogP contribution in [0.25, 0.3) is 0 Å². The Morgan fingerprint density at radius 1 is 1.25 bits per heavy atom. The summed E-state index contributed by atoms with van der Waals surface area (Å²) in [6, 6.07) is 10.6.